The highest BCUT2D eigenvalue weighted by atomic mass is 16.4. The molecule has 0 aliphatic carbocycles. The Morgan fingerprint density at radius 2 is 1.60 bits per heavy atom. The molecule has 7 nitrogen and oxygen atoms in total. The van der Waals surface area contributed by atoms with Gasteiger partial charge in [0.05, 0.1) is 6.42 Å². The van der Waals surface area contributed by atoms with E-state index in [2.05, 4.69) is 36.5 Å². The molecule has 0 fully saturated rings. The van der Waals surface area contributed by atoms with Crippen LogP contribution in [0.15, 0.2) is 78.0 Å². The van der Waals surface area contributed by atoms with Crippen molar-refractivity contribution in [3.63, 3.8) is 0 Å². The number of nitrogens with one attached hydrogen (secondary N) is 1. The van der Waals surface area contributed by atoms with Crippen molar-refractivity contribution < 1.29 is 14.7 Å². The molecule has 3 aromatic carbocycles. The second-order valence-electron chi connectivity index (χ2n) is 8.84. The van der Waals surface area contributed by atoms with E-state index < -0.39 is 5.97 Å². The zero-order chi connectivity index (χ0) is 24.9. The Morgan fingerprint density at radius 1 is 0.943 bits per heavy atom. The fourth-order valence-corrected chi connectivity index (χ4v) is 4.26. The summed E-state index contributed by atoms with van der Waals surface area (Å²) in [5.41, 5.74) is 5.00. The summed E-state index contributed by atoms with van der Waals surface area (Å²) in [6.45, 7) is 4.94. The van der Waals surface area contributed by atoms with Crippen LogP contribution in [0.4, 0.5) is 5.69 Å². The molecule has 1 heterocycles. The monoisotopic (exact) mass is 469 g/mol. The second-order valence-corrected chi connectivity index (χ2v) is 8.84. The maximum atomic E-state index is 13.5. The topological polar surface area (TPSA) is 101 Å². The van der Waals surface area contributed by atoms with Gasteiger partial charge in [-0.15, -0.1) is 4.91 Å². The summed E-state index contributed by atoms with van der Waals surface area (Å²) >= 11 is 0. The minimum atomic E-state index is -1.000. The van der Waals surface area contributed by atoms with Gasteiger partial charge in [0.2, 0.25) is 0 Å². The van der Waals surface area contributed by atoms with E-state index in [1.807, 2.05) is 41.0 Å². The molecular formula is C28H27N3O4. The smallest absolute Gasteiger partial charge is 0.307 e. The number of carbonyl (C=O) groups is 2. The third-order valence-corrected chi connectivity index (χ3v) is 6.10. The van der Waals surface area contributed by atoms with Gasteiger partial charge in [-0.05, 0) is 46.0 Å². The lowest BCUT2D eigenvalue weighted by atomic mass is 10.0. The predicted molar refractivity (Wildman–Crippen MR) is 136 cm³/mol. The molecule has 0 aliphatic rings. The number of carboxylic acids is 1. The van der Waals surface area contributed by atoms with Gasteiger partial charge in [0.15, 0.2) is 0 Å². The number of rotatable bonds is 9. The summed E-state index contributed by atoms with van der Waals surface area (Å²) in [6, 6.07) is 22.4. The van der Waals surface area contributed by atoms with Gasteiger partial charge in [-0.2, -0.15) is 0 Å². The quantitative estimate of drug-likeness (QED) is 0.304. The summed E-state index contributed by atoms with van der Waals surface area (Å²) in [5, 5.41) is 16.2. The van der Waals surface area contributed by atoms with E-state index in [1.54, 1.807) is 24.3 Å². The van der Waals surface area contributed by atoms with Gasteiger partial charge < -0.3 is 15.0 Å². The number of fused-ring (bicyclic) bond motifs is 1. The Labute approximate surface area is 203 Å². The van der Waals surface area contributed by atoms with E-state index in [9.17, 15) is 19.6 Å². The van der Waals surface area contributed by atoms with Crippen LogP contribution >= 0.6 is 0 Å². The molecule has 0 bridgehead atoms. The Morgan fingerprint density at radius 3 is 2.23 bits per heavy atom. The number of aliphatic carboxylic acids is 1. The van der Waals surface area contributed by atoms with Gasteiger partial charge in [-0.1, -0.05) is 68.4 Å². The van der Waals surface area contributed by atoms with Crippen molar-refractivity contribution in [3.8, 4) is 0 Å². The molecule has 0 aliphatic heterocycles. The van der Waals surface area contributed by atoms with Crippen LogP contribution in [0.25, 0.3) is 10.9 Å². The largest absolute Gasteiger partial charge is 0.481 e. The number of aromatic nitrogens is 1. The predicted octanol–water partition coefficient (Wildman–Crippen LogP) is 5.77. The van der Waals surface area contributed by atoms with Crippen LogP contribution in [0.2, 0.25) is 0 Å². The highest BCUT2D eigenvalue weighted by Crippen LogP contribution is 2.29. The lowest BCUT2D eigenvalue weighted by Gasteiger charge is -2.14. The Hall–Kier alpha value is -4.26. The van der Waals surface area contributed by atoms with Crippen LogP contribution in [0, 0.1) is 4.91 Å². The number of hydrogen-bond acceptors (Lipinski definition) is 4. The average Bonchev–Trinajstić information content (AvgIpc) is 3.15. The summed E-state index contributed by atoms with van der Waals surface area (Å²) in [5.74, 6) is -0.939. The third kappa shape index (κ3) is 5.30. The third-order valence-electron chi connectivity index (χ3n) is 6.10. The molecule has 178 valence electrons. The van der Waals surface area contributed by atoms with Crippen molar-refractivity contribution in [2.24, 2.45) is 5.18 Å². The number of benzene rings is 3. The van der Waals surface area contributed by atoms with Crippen LogP contribution in [-0.2, 0) is 24.3 Å². The van der Waals surface area contributed by atoms with Crippen molar-refractivity contribution in [1.29, 1.82) is 0 Å². The molecule has 1 amide bonds. The summed E-state index contributed by atoms with van der Waals surface area (Å²) in [6.07, 6.45) is -0.262. The van der Waals surface area contributed by atoms with Gasteiger partial charge in [0.25, 0.3) is 5.91 Å². The summed E-state index contributed by atoms with van der Waals surface area (Å²) in [7, 11) is 0. The second kappa shape index (κ2) is 10.3. The molecule has 0 atom stereocenters. The molecule has 4 aromatic rings. The molecular weight excluding hydrogens is 442 g/mol. The highest BCUT2D eigenvalue weighted by Gasteiger charge is 2.24. The van der Waals surface area contributed by atoms with Crippen LogP contribution < -0.4 is 5.32 Å². The lowest BCUT2D eigenvalue weighted by molar-refractivity contribution is -0.136. The number of hydrogen-bond donors (Lipinski definition) is 2. The summed E-state index contributed by atoms with van der Waals surface area (Å²) < 4.78 is 1.90. The number of nitrogens with zero attached hydrogens (tertiary/aromatic N) is 2. The molecule has 7 heteroatoms. The molecule has 2 N–H and O–H groups in total. The fraction of sp³-hybridized carbons (Fsp3) is 0.214. The van der Waals surface area contributed by atoms with Crippen molar-refractivity contribution in [3.05, 3.63) is 106 Å². The molecule has 4 rings (SSSR count). The first-order chi connectivity index (χ1) is 16.9. The standard InChI is InChI=1S/C28H27N3O4/c1-18(2)21-11-7-20(8-12-21)17-31-25-6-4-3-5-23(25)24(15-26(32)33)27(31)28(34)29-16-19-9-13-22(30-35)14-10-19/h3-14,18H,15-17H2,1-2H3,(H,29,34)(H,32,33). The first kappa shape index (κ1) is 23.9. The average molecular weight is 470 g/mol. The number of para-hydroxylation sites is 1. The summed E-state index contributed by atoms with van der Waals surface area (Å²) in [4.78, 5) is 35.8. The van der Waals surface area contributed by atoms with Crippen LogP contribution in [0.3, 0.4) is 0 Å². The van der Waals surface area contributed by atoms with Crippen LogP contribution in [0.1, 0.15) is 52.5 Å². The van der Waals surface area contributed by atoms with E-state index in [-0.39, 0.29) is 18.9 Å². The highest BCUT2D eigenvalue weighted by molar-refractivity contribution is 6.03. The van der Waals surface area contributed by atoms with Gasteiger partial charge >= 0.3 is 5.97 Å². The van der Waals surface area contributed by atoms with Crippen molar-refractivity contribution in [2.45, 2.75) is 39.3 Å². The maximum Gasteiger partial charge on any atom is 0.307 e. The molecule has 0 unspecified atom stereocenters. The minimum absolute atomic E-state index is 0.231. The van der Waals surface area contributed by atoms with Gasteiger partial charge in [0.1, 0.15) is 11.4 Å². The van der Waals surface area contributed by atoms with E-state index >= 15 is 0 Å². The first-order valence-corrected chi connectivity index (χ1v) is 11.5. The van der Waals surface area contributed by atoms with Crippen LogP contribution in [0.5, 0.6) is 0 Å². The van der Waals surface area contributed by atoms with Crippen molar-refractivity contribution >= 4 is 28.5 Å². The zero-order valence-electron chi connectivity index (χ0n) is 19.7. The normalized spacial score (nSPS) is 11.1. The fourth-order valence-electron chi connectivity index (χ4n) is 4.26. The number of carbonyl (C=O) groups excluding carboxylic acids is 1. The van der Waals surface area contributed by atoms with E-state index in [4.69, 9.17) is 0 Å². The first-order valence-electron chi connectivity index (χ1n) is 11.5. The van der Waals surface area contributed by atoms with Crippen molar-refractivity contribution in [2.75, 3.05) is 0 Å². The molecule has 0 radical (unpaired) electrons. The van der Waals surface area contributed by atoms with Crippen molar-refractivity contribution in [1.82, 2.24) is 9.88 Å². The van der Waals surface area contributed by atoms with Gasteiger partial charge in [-0.3, -0.25) is 9.59 Å². The van der Waals surface area contributed by atoms with E-state index in [1.165, 1.54) is 5.56 Å². The number of carboxylic acid groups (broad SMARTS) is 1. The Bertz CT molecular complexity index is 1370. The van der Waals surface area contributed by atoms with Gasteiger partial charge in [-0.25, -0.2) is 0 Å². The van der Waals surface area contributed by atoms with Gasteiger partial charge in [0, 0.05) is 29.6 Å². The Kier molecular flexibility index (Phi) is 7.06. The molecule has 0 spiro atoms. The zero-order valence-corrected chi connectivity index (χ0v) is 19.7. The molecule has 0 saturated heterocycles. The maximum absolute atomic E-state index is 13.5. The van der Waals surface area contributed by atoms with E-state index in [0.717, 1.165) is 22.0 Å². The Balaban J connectivity index is 1.73. The van der Waals surface area contributed by atoms with Crippen LogP contribution in [-0.4, -0.2) is 21.6 Å². The molecule has 1 aromatic heterocycles. The molecule has 0 saturated carbocycles. The SMILES string of the molecule is CC(C)c1ccc(Cn2c(C(=O)NCc3ccc(N=O)cc3)c(CC(=O)O)c3ccccc32)cc1. The van der Waals surface area contributed by atoms with E-state index in [0.29, 0.717) is 29.4 Å². The molecule has 35 heavy (non-hydrogen) atoms. The number of amides is 1. The lowest BCUT2D eigenvalue weighted by Crippen LogP contribution is -2.27. The minimum Gasteiger partial charge on any atom is -0.481 e. The number of nitroso groups, excluding NO2 is 1.